The minimum absolute atomic E-state index is 0.00172. The predicted octanol–water partition coefficient (Wildman–Crippen LogP) is 8.18. The first-order chi connectivity index (χ1) is 65.3. The van der Waals surface area contributed by atoms with Gasteiger partial charge in [-0.05, 0) is 169 Å². The van der Waals surface area contributed by atoms with Crippen molar-refractivity contribution in [1.82, 2.24) is 41.4 Å². The van der Waals surface area contributed by atoms with Crippen LogP contribution in [0.15, 0.2) is 103 Å². The van der Waals surface area contributed by atoms with Gasteiger partial charge in [-0.2, -0.15) is 0 Å². The van der Waals surface area contributed by atoms with Crippen LogP contribution in [-0.4, -0.2) is 279 Å². The zero-order valence-electron chi connectivity index (χ0n) is 77.2. The zero-order valence-corrected chi connectivity index (χ0v) is 77.2. The van der Waals surface area contributed by atoms with E-state index in [1.165, 1.54) is 68.5 Å². The third-order valence-electron chi connectivity index (χ3n) is 24.2. The van der Waals surface area contributed by atoms with Crippen molar-refractivity contribution in [1.29, 1.82) is 0 Å². The molecule has 39 nitrogen and oxygen atoms in total. The maximum Gasteiger partial charge on any atom is 0.335 e. The molecule has 14 rings (SSSR count). The van der Waals surface area contributed by atoms with Crippen LogP contribution in [0.4, 0.5) is 45.8 Å². The number of hydrogen-bond acceptors (Lipinski definition) is 29. The van der Waals surface area contributed by atoms with E-state index in [1.807, 2.05) is 51.2 Å². The van der Waals surface area contributed by atoms with Crippen molar-refractivity contribution < 1.29 is 120 Å². The van der Waals surface area contributed by atoms with Crippen LogP contribution in [-0.2, 0) is 66.8 Å². The summed E-state index contributed by atoms with van der Waals surface area (Å²) in [6.07, 6.45) is 13.0. The molecule has 4 atom stereocenters. The molecule has 13 amide bonds. The summed E-state index contributed by atoms with van der Waals surface area (Å²) in [7, 11) is 6.68. The summed E-state index contributed by atoms with van der Waals surface area (Å²) in [6, 6.07) is 26.6. The van der Waals surface area contributed by atoms with Crippen LogP contribution in [0.3, 0.4) is 0 Å². The van der Waals surface area contributed by atoms with Crippen LogP contribution in [0.5, 0.6) is 23.0 Å². The Labute approximate surface area is 782 Å². The highest BCUT2D eigenvalue weighted by atomic mass is 16.6. The number of aromatic nitrogens is 1. The fourth-order valence-electron chi connectivity index (χ4n) is 17.2. The van der Waals surface area contributed by atoms with Crippen LogP contribution >= 0.6 is 0 Å². The normalized spacial score (nSPS) is 18.0. The second-order valence-electron chi connectivity index (χ2n) is 33.3. The van der Waals surface area contributed by atoms with Crippen molar-refractivity contribution in [3.05, 3.63) is 137 Å². The molecule has 6 aromatic rings. The van der Waals surface area contributed by atoms with Gasteiger partial charge in [-0.25, -0.2) is 9.78 Å². The molecule has 6 aliphatic heterocycles. The minimum Gasteiger partial charge on any atom is -0.495 e. The standard InChI is InChI=1S/C48H59N7O12.C26H35N3O9.C22H26N4O4/c1-30-46(60)53(2)36-16-14-32(28-38(36)54(30)33-9-4-5-10-33)51-35-15-13-31(27-40(35)63-3)44(58)50-20-8-22-65-24-26-66-25-23-64-21-7-19-49-42(57)29-67-39-12-6-11-34-43(39)48(62)55(47(34)61)37-17-18-41(56)52-45(37)59;1-2-3-11-35-13-15-37-16-14-36-12-5-10-27-22(31)17-38-20-7-4-6-18-23(20)26(34)29(25(18)33)19-8-9-21(30)28-24(19)32;1-13-21(27)25(2)17-10-11-19(24-20(17)26(13)15-6-4-5-7-15)23-16-9-8-14(22(28)29)12-18(16)30-3/h6,11-16,27-28,30,33,37,51H,4-5,7-10,17-26,29H2,1-3H3,(H,49,57)(H,50,58)(H,52,56,59);4,6-7,19H,2-3,5,8-17H2,1H3,(H,27,31)(H,28,30,32);8-13,15H,4-7H2,1-3H3,(H,23,24)(H,28,29)/t30-,37?;;13-/m1.0/s1. The smallest absolute Gasteiger partial charge is 0.335 e. The van der Waals surface area contributed by atoms with Gasteiger partial charge in [0, 0.05) is 96.3 Å². The molecule has 135 heavy (non-hydrogen) atoms. The van der Waals surface area contributed by atoms with Crippen molar-refractivity contribution in [3.63, 3.8) is 0 Å². The van der Waals surface area contributed by atoms with Gasteiger partial charge in [0.05, 0.1) is 123 Å². The number of unbranched alkanes of at least 4 members (excludes halogenated alkanes) is 1. The molecule has 2 aliphatic carbocycles. The molecular formula is C96H120N14O25. The van der Waals surface area contributed by atoms with Crippen LogP contribution in [0.25, 0.3) is 0 Å². The van der Waals surface area contributed by atoms with Crippen LogP contribution in [0.1, 0.15) is 192 Å². The maximum atomic E-state index is 13.2. The number of amides is 13. The minimum atomic E-state index is -1.10. The first-order valence-corrected chi connectivity index (χ1v) is 45.9. The lowest BCUT2D eigenvalue weighted by atomic mass is 10.0. The van der Waals surface area contributed by atoms with Gasteiger partial charge < -0.3 is 98.7 Å². The van der Waals surface area contributed by atoms with E-state index >= 15 is 0 Å². The number of carboxylic acid groups (broad SMARTS) is 1. The van der Waals surface area contributed by atoms with E-state index in [4.69, 9.17) is 52.4 Å². The van der Waals surface area contributed by atoms with E-state index in [0.717, 1.165) is 96.3 Å². The van der Waals surface area contributed by atoms with E-state index < -0.39 is 83.7 Å². The molecule has 1 aromatic heterocycles. The Bertz CT molecular complexity index is 5290. The zero-order chi connectivity index (χ0) is 96.2. The molecule has 0 bridgehead atoms. The fourth-order valence-corrected chi connectivity index (χ4v) is 17.2. The summed E-state index contributed by atoms with van der Waals surface area (Å²) < 4.78 is 55.2. The number of benzene rings is 5. The average Bonchev–Trinajstić information content (AvgIpc) is 1.49. The number of carbonyl (C=O) groups is 14. The number of carbonyl (C=O) groups excluding carboxylic acids is 13. The summed E-state index contributed by atoms with van der Waals surface area (Å²) in [6.45, 7) is 12.0. The van der Waals surface area contributed by atoms with E-state index in [0.29, 0.717) is 158 Å². The van der Waals surface area contributed by atoms with Crippen LogP contribution < -0.4 is 75.8 Å². The van der Waals surface area contributed by atoms with E-state index in [2.05, 4.69) is 60.0 Å². The highest BCUT2D eigenvalue weighted by Gasteiger charge is 2.49. The second kappa shape index (κ2) is 49.2. The van der Waals surface area contributed by atoms with Gasteiger partial charge in [0.15, 0.2) is 19.0 Å². The van der Waals surface area contributed by atoms with Gasteiger partial charge in [-0.15, -0.1) is 0 Å². The van der Waals surface area contributed by atoms with Gasteiger partial charge in [-0.1, -0.05) is 51.2 Å². The molecule has 0 spiro atoms. The van der Waals surface area contributed by atoms with Crippen molar-refractivity contribution in [2.45, 2.75) is 166 Å². The van der Waals surface area contributed by atoms with Crippen LogP contribution in [0, 0.1) is 0 Å². The molecular weight excluding hydrogens is 1750 g/mol. The van der Waals surface area contributed by atoms with E-state index in [9.17, 15) is 72.2 Å². The van der Waals surface area contributed by atoms with Gasteiger partial charge >= 0.3 is 5.97 Å². The van der Waals surface area contributed by atoms with Gasteiger partial charge in [0.1, 0.15) is 53.0 Å². The number of aromatic carboxylic acids is 1. The Morgan fingerprint density at radius 1 is 0.452 bits per heavy atom. The van der Waals surface area contributed by atoms with Crippen molar-refractivity contribution in [2.75, 3.05) is 171 Å². The number of pyridine rings is 1. The molecule has 8 aliphatic rings. The van der Waals surface area contributed by atoms with Crippen molar-refractivity contribution >= 4 is 129 Å². The first-order valence-electron chi connectivity index (χ1n) is 45.9. The number of anilines is 8. The summed E-state index contributed by atoms with van der Waals surface area (Å²) in [5.74, 6) is -4.45. The Hall–Kier alpha value is -13.2. The number of likely N-dealkylation sites (N-methyl/N-ethyl adjacent to an activating group) is 2. The largest absolute Gasteiger partial charge is 0.495 e. The summed E-state index contributed by atoms with van der Waals surface area (Å²) in [5.41, 5.74) is 5.65. The summed E-state index contributed by atoms with van der Waals surface area (Å²) in [5, 5.41) is 28.5. The van der Waals surface area contributed by atoms with Crippen molar-refractivity contribution in [2.24, 2.45) is 0 Å². The Balaban J connectivity index is 0.000000202. The average molecular weight is 1870 g/mol. The Kier molecular flexibility index (Phi) is 36.7. The number of fused-ring (bicyclic) bond motifs is 4. The van der Waals surface area contributed by atoms with Gasteiger partial charge in [-0.3, -0.25) is 82.8 Å². The highest BCUT2D eigenvalue weighted by molar-refractivity contribution is 6.26. The lowest BCUT2D eigenvalue weighted by molar-refractivity contribution is -0.137. The number of nitrogens with zero attached hydrogens (tertiary/aromatic N) is 7. The maximum absolute atomic E-state index is 13.2. The second-order valence-corrected chi connectivity index (χ2v) is 33.3. The van der Waals surface area contributed by atoms with Gasteiger partial charge in [0.2, 0.25) is 35.4 Å². The third kappa shape index (κ3) is 25.6. The summed E-state index contributed by atoms with van der Waals surface area (Å²) >= 11 is 0. The van der Waals surface area contributed by atoms with Crippen LogP contribution in [0.2, 0.25) is 0 Å². The topological polar surface area (TPSA) is 468 Å². The fraction of sp³-hybridized carbons (Fsp3) is 0.490. The van der Waals surface area contributed by atoms with Gasteiger partial charge in [0.25, 0.3) is 41.4 Å². The summed E-state index contributed by atoms with van der Waals surface area (Å²) in [4.78, 5) is 189. The SMILES string of the molecule is CCCCOCCOCCOCCCNC(=O)COc1cccc2c1C(=O)N(C1CCC(=O)NC1=O)C2=O.COc1cc(C(=O)NCCCOCCOCCOCCCNC(=O)COc2cccc3c2C(=O)N(C2CCC(=O)NC2=O)C3=O)ccc1Nc1ccc2c(c1)N(C1CCCC1)[C@H](C)C(=O)N2C.COc1cc(C(=O)O)ccc1Nc1ccc2c(n1)N(C1CCCC1)[C@@H](C)C(=O)N2C. The monoisotopic (exact) mass is 1870 g/mol. The molecule has 8 N–H and O–H groups in total. The highest BCUT2D eigenvalue weighted by Crippen LogP contribution is 2.45. The number of rotatable bonds is 45. The molecule has 2 saturated heterocycles. The predicted molar refractivity (Wildman–Crippen MR) is 495 cm³/mol. The number of methoxy groups -OCH3 is 2. The lowest BCUT2D eigenvalue weighted by Crippen LogP contribution is -2.54. The number of ether oxygens (including phenoxy) is 10. The Morgan fingerprint density at radius 3 is 1.36 bits per heavy atom. The number of hydrogen-bond donors (Lipinski definition) is 8. The van der Waals surface area contributed by atoms with Crippen molar-refractivity contribution in [3.8, 4) is 23.0 Å². The molecule has 39 heteroatoms. The number of imide groups is 4. The number of carboxylic acids is 1. The number of nitrogens with one attached hydrogen (secondary N) is 7. The molecule has 0 radical (unpaired) electrons. The van der Waals surface area contributed by atoms with E-state index in [1.54, 1.807) is 42.2 Å². The quantitative estimate of drug-likeness (QED) is 0.0132. The first kappa shape index (κ1) is 101. The molecule has 2 unspecified atom stereocenters. The van der Waals surface area contributed by atoms with E-state index in [-0.39, 0.29) is 101 Å². The third-order valence-corrected chi connectivity index (χ3v) is 24.2. The molecule has 7 heterocycles. The Morgan fingerprint density at radius 2 is 0.881 bits per heavy atom. The molecule has 4 fully saturated rings. The molecule has 2 saturated carbocycles. The molecule has 5 aromatic carbocycles. The molecule has 724 valence electrons. The number of piperidine rings is 2. The lowest BCUT2D eigenvalue weighted by Gasteiger charge is -2.43.